The summed E-state index contributed by atoms with van der Waals surface area (Å²) >= 11 is 0. The zero-order valence-electron chi connectivity index (χ0n) is 41.3. The van der Waals surface area contributed by atoms with Crippen LogP contribution >= 0.6 is 0 Å². The summed E-state index contributed by atoms with van der Waals surface area (Å²) in [5.74, 6) is 3.96. The van der Waals surface area contributed by atoms with E-state index in [-0.39, 0.29) is 42.1 Å². The van der Waals surface area contributed by atoms with Crippen LogP contribution in [0.15, 0.2) is 20.0 Å². The maximum atomic E-state index is 7.50. The number of rotatable bonds is 0. The zero-order chi connectivity index (χ0) is 45.6. The van der Waals surface area contributed by atoms with E-state index < -0.39 is 0 Å². The predicted octanol–water partition coefficient (Wildman–Crippen LogP) is 8.31. The number of fused-ring (bicyclic) bond motifs is 4. The summed E-state index contributed by atoms with van der Waals surface area (Å²) < 4.78 is 15.0. The van der Waals surface area contributed by atoms with Crippen molar-refractivity contribution in [1.82, 2.24) is 19.6 Å². The number of guanidine groups is 4. The predicted molar refractivity (Wildman–Crippen MR) is 247 cm³/mol. The third-order valence-electron chi connectivity index (χ3n) is 11.3. The molecule has 4 saturated heterocycles. The monoisotopic (exact) mass is 1200 g/mol. The summed E-state index contributed by atoms with van der Waals surface area (Å²) in [6, 6.07) is 0. The minimum Gasteiger partial charge on any atom is 2.00 e. The number of hydrogen-bond acceptors (Lipinski definition) is 8. The van der Waals surface area contributed by atoms with Gasteiger partial charge in [0, 0.05) is 23.8 Å². The van der Waals surface area contributed by atoms with Gasteiger partial charge < -0.3 is 60.8 Å². The van der Waals surface area contributed by atoms with Gasteiger partial charge in [-0.1, -0.05) is 111 Å². The van der Waals surface area contributed by atoms with Crippen LogP contribution in [0.2, 0.25) is 0 Å². The Morgan fingerprint density at radius 1 is 0.323 bits per heavy atom. The van der Waals surface area contributed by atoms with E-state index in [4.69, 9.17) is 9.30 Å². The zero-order valence-corrected chi connectivity index (χ0v) is 47.2. The first-order valence-electron chi connectivity index (χ1n) is 21.8. The smallest absolute Gasteiger partial charge is 2.00 e. The quantitative estimate of drug-likeness (QED) is 0.177. The molecule has 0 saturated carbocycles. The van der Waals surface area contributed by atoms with Crippen molar-refractivity contribution in [3.63, 3.8) is 0 Å². The van der Waals surface area contributed by atoms with Crippen molar-refractivity contribution in [2.75, 3.05) is 105 Å². The first-order valence-corrected chi connectivity index (χ1v) is 21.8. The average molecular weight is 1200 g/mol. The maximum absolute atomic E-state index is 7.50. The van der Waals surface area contributed by atoms with Gasteiger partial charge in [0.15, 0.2) is 0 Å². The Morgan fingerprint density at radius 2 is 0.468 bits per heavy atom. The Balaban J connectivity index is 0.000000398. The topological polar surface area (TPSA) is 159 Å². The van der Waals surface area contributed by atoms with Gasteiger partial charge in [-0.3, -0.25) is 0 Å². The van der Waals surface area contributed by atoms with Crippen LogP contribution in [0.25, 0.3) is 21.3 Å². The SMILES string of the molecule is CC1(C)CN=C2[N-]CC(C)(C)CN2C1.CC1(C)CN=C2[N-]CC(C)(C)CN2C1.CC1(C)CN=C2[N-]CC(C)(C)CN2C1.CC1(C)CN=C2[N-]CC(C)(C)CN2C1.[C-]#[O+].[C-]#[O+].[W+2].[W+2]. The van der Waals surface area contributed by atoms with E-state index in [1.165, 1.54) is 0 Å². The van der Waals surface area contributed by atoms with Crippen molar-refractivity contribution < 1.29 is 51.4 Å². The molecule has 14 nitrogen and oxygen atoms in total. The molecule has 8 aliphatic heterocycles. The molecule has 0 radical (unpaired) electrons. The fourth-order valence-corrected chi connectivity index (χ4v) is 8.60. The van der Waals surface area contributed by atoms with Gasteiger partial charge in [-0.25, -0.2) is 0 Å². The summed E-state index contributed by atoms with van der Waals surface area (Å²) in [7, 11) is 0. The van der Waals surface area contributed by atoms with Gasteiger partial charge in [0.05, 0.1) is 0 Å². The second kappa shape index (κ2) is 22.4. The minimum atomic E-state index is 0. The first kappa shape index (κ1) is 58.0. The number of nitrogens with zero attached hydrogens (tertiary/aromatic N) is 12. The molecule has 0 bridgehead atoms. The third kappa shape index (κ3) is 18.1. The summed E-state index contributed by atoms with van der Waals surface area (Å²) in [5.41, 5.74) is 2.50. The molecule has 348 valence electrons. The van der Waals surface area contributed by atoms with E-state index in [1.807, 2.05) is 0 Å². The Kier molecular flexibility index (Phi) is 21.0. The molecule has 0 aromatic carbocycles. The van der Waals surface area contributed by atoms with Gasteiger partial charge in [-0.2, -0.15) is 0 Å². The normalized spacial score (nSPS) is 26.1. The van der Waals surface area contributed by atoms with E-state index in [1.54, 1.807) is 0 Å². The van der Waals surface area contributed by atoms with Crippen LogP contribution < -0.4 is 0 Å². The Hall–Kier alpha value is -2.06. The van der Waals surface area contributed by atoms with Gasteiger partial charge in [0.2, 0.25) is 0 Å². The fourth-order valence-electron chi connectivity index (χ4n) is 8.60. The van der Waals surface area contributed by atoms with Crippen molar-refractivity contribution in [3.05, 3.63) is 34.6 Å². The summed E-state index contributed by atoms with van der Waals surface area (Å²) in [4.78, 5) is 27.5. The van der Waals surface area contributed by atoms with Crippen molar-refractivity contribution >= 4 is 23.8 Å². The second-order valence-corrected chi connectivity index (χ2v) is 24.5. The molecule has 0 unspecified atom stereocenters. The van der Waals surface area contributed by atoms with Gasteiger partial charge in [0.1, 0.15) is 0 Å². The molecule has 0 spiro atoms. The Bertz CT molecular complexity index is 1400. The van der Waals surface area contributed by atoms with Crippen LogP contribution in [0.5, 0.6) is 0 Å². The summed E-state index contributed by atoms with van der Waals surface area (Å²) in [6.45, 7) is 61.5. The van der Waals surface area contributed by atoms with Gasteiger partial charge >= 0.3 is 64.7 Å². The molecular weight excluding hydrogens is 1120 g/mol. The third-order valence-corrected chi connectivity index (χ3v) is 11.3. The van der Waals surface area contributed by atoms with Crippen molar-refractivity contribution in [2.24, 2.45) is 63.3 Å². The molecule has 0 amide bonds. The van der Waals surface area contributed by atoms with Crippen LogP contribution in [0, 0.1) is 56.6 Å². The molecule has 0 aliphatic carbocycles. The molecule has 8 aliphatic rings. The number of hydrogen-bond donors (Lipinski definition) is 0. The van der Waals surface area contributed by atoms with E-state index in [2.05, 4.69) is 185 Å². The minimum absolute atomic E-state index is 0. The van der Waals surface area contributed by atoms with Gasteiger partial charge in [-0.15, -0.1) is 0 Å². The Labute approximate surface area is 406 Å². The van der Waals surface area contributed by atoms with E-state index >= 15 is 0 Å². The fraction of sp³-hybridized carbons (Fsp3) is 0.870. The van der Waals surface area contributed by atoms with Crippen molar-refractivity contribution in [1.29, 1.82) is 0 Å². The standard InChI is InChI=1S/4C11H20N3.2CO.2W/c4*1-10(2)5-12-9-13-6-11(3,4)8-14(9)7-10;2*1-2;;/h4*5-8H2,1-4H3;;;;/q4*-1;;;2*+2. The van der Waals surface area contributed by atoms with Crippen LogP contribution in [-0.4, -0.2) is 148 Å². The van der Waals surface area contributed by atoms with Crippen LogP contribution in [0.3, 0.4) is 0 Å². The van der Waals surface area contributed by atoms with Crippen LogP contribution in [0.4, 0.5) is 0 Å². The van der Waals surface area contributed by atoms with E-state index in [9.17, 15) is 0 Å². The summed E-state index contributed by atoms with van der Waals surface area (Å²) in [5, 5.41) is 18.2. The Morgan fingerprint density at radius 3 is 0.629 bits per heavy atom. The van der Waals surface area contributed by atoms with Gasteiger partial charge in [-0.05, 0) is 148 Å². The molecule has 8 heterocycles. The molecule has 4 fully saturated rings. The molecule has 62 heavy (non-hydrogen) atoms. The van der Waals surface area contributed by atoms with E-state index in [0.29, 0.717) is 43.3 Å². The van der Waals surface area contributed by atoms with Crippen molar-refractivity contribution in [3.8, 4) is 0 Å². The first-order chi connectivity index (χ1) is 27.5. The largest absolute Gasteiger partial charge is 2.00 e. The molecule has 8 rings (SSSR count). The molecular formula is C46H80N12O2W2. The van der Waals surface area contributed by atoms with Gasteiger partial charge in [0.25, 0.3) is 0 Å². The molecule has 0 atom stereocenters. The second-order valence-electron chi connectivity index (χ2n) is 24.5. The average Bonchev–Trinajstić information content (AvgIpc) is 3.10. The van der Waals surface area contributed by atoms with Crippen molar-refractivity contribution in [2.45, 2.75) is 111 Å². The molecule has 16 heteroatoms. The van der Waals surface area contributed by atoms with Crippen LogP contribution in [0.1, 0.15) is 111 Å². The molecule has 0 N–H and O–H groups in total. The van der Waals surface area contributed by atoms with Crippen LogP contribution in [-0.2, 0) is 51.4 Å². The number of aliphatic imine (C=N–C) groups is 4. The summed E-state index contributed by atoms with van der Waals surface area (Å²) in [6.07, 6.45) is 0. The molecule has 0 aromatic rings. The maximum Gasteiger partial charge on any atom is 2.00 e. The van der Waals surface area contributed by atoms with E-state index in [0.717, 1.165) is 129 Å². The molecule has 0 aromatic heterocycles.